The molecule has 96 valence electrons. The summed E-state index contributed by atoms with van der Waals surface area (Å²) in [7, 11) is 0. The highest BCUT2D eigenvalue weighted by Gasteiger charge is 2.67. The first-order valence-corrected chi connectivity index (χ1v) is 5.55. The molecular weight excluding hydrogens is 240 g/mol. The van der Waals surface area contributed by atoms with E-state index in [-0.39, 0.29) is 12.2 Å². The average Bonchev–Trinajstić information content (AvgIpc) is 2.09. The Morgan fingerprint density at radius 1 is 1.28 bits per heavy atom. The Kier molecular flexibility index (Phi) is 1.90. The molecule has 3 fully saturated rings. The summed E-state index contributed by atoms with van der Waals surface area (Å²) >= 11 is 0. The van der Waals surface area contributed by atoms with E-state index >= 15 is 0 Å². The third kappa shape index (κ3) is 1.35. The van der Waals surface area contributed by atoms with Gasteiger partial charge in [0.05, 0.1) is 6.08 Å². The molecule has 3 atom stereocenters. The number of fused-ring (bicyclic) bond motifs is 2. The first-order valence-electron chi connectivity index (χ1n) is 5.55. The van der Waals surface area contributed by atoms with Crippen molar-refractivity contribution in [3.05, 3.63) is 24.2 Å². The highest BCUT2D eigenvalue weighted by Crippen LogP contribution is 2.51. The van der Waals surface area contributed by atoms with E-state index in [0.29, 0.717) is 5.76 Å². The molecule has 0 aromatic rings. The number of carbonyl (C=O) groups is 2. The highest BCUT2D eigenvalue weighted by atomic mass is 16.8. The smallest absolute Gasteiger partial charge is 0.337 e. The molecule has 4 heterocycles. The van der Waals surface area contributed by atoms with Gasteiger partial charge in [-0.25, -0.2) is 4.79 Å². The van der Waals surface area contributed by atoms with E-state index < -0.39 is 29.4 Å². The molecule has 0 amide bonds. The second kappa shape index (κ2) is 3.07. The van der Waals surface area contributed by atoms with E-state index in [1.807, 2.05) is 0 Å². The van der Waals surface area contributed by atoms with Crippen molar-refractivity contribution in [1.29, 1.82) is 0 Å². The van der Waals surface area contributed by atoms with Crippen molar-refractivity contribution in [2.75, 3.05) is 0 Å². The summed E-state index contributed by atoms with van der Waals surface area (Å²) in [5.41, 5.74) is 0. The van der Waals surface area contributed by atoms with Gasteiger partial charge in [0.25, 0.3) is 11.6 Å². The van der Waals surface area contributed by atoms with Crippen LogP contribution in [0.15, 0.2) is 24.2 Å². The molecule has 0 saturated carbocycles. The molecule has 6 nitrogen and oxygen atoms in total. The Morgan fingerprint density at radius 2 is 2.00 bits per heavy atom. The van der Waals surface area contributed by atoms with Gasteiger partial charge in [-0.3, -0.25) is 4.79 Å². The van der Waals surface area contributed by atoms with Gasteiger partial charge in [-0.15, -0.1) is 0 Å². The van der Waals surface area contributed by atoms with Gasteiger partial charge in [-0.2, -0.15) is 0 Å². The van der Waals surface area contributed by atoms with Crippen LogP contribution in [0.1, 0.15) is 20.3 Å². The molecule has 0 aromatic heterocycles. The lowest BCUT2D eigenvalue weighted by Gasteiger charge is -2.53. The minimum Gasteiger partial charge on any atom is -0.456 e. The fourth-order valence-electron chi connectivity index (χ4n) is 2.69. The maximum absolute atomic E-state index is 11.9. The van der Waals surface area contributed by atoms with Gasteiger partial charge in [-0.05, 0) is 6.92 Å². The molecule has 0 radical (unpaired) electrons. The lowest BCUT2D eigenvalue weighted by Crippen LogP contribution is -2.65. The van der Waals surface area contributed by atoms with Crippen molar-refractivity contribution < 1.29 is 28.5 Å². The molecule has 4 aliphatic rings. The maximum atomic E-state index is 11.9. The maximum Gasteiger partial charge on any atom is 0.337 e. The van der Waals surface area contributed by atoms with Crippen molar-refractivity contribution in [3.63, 3.8) is 0 Å². The Hall–Kier alpha value is -1.98. The zero-order valence-electron chi connectivity index (χ0n) is 10.0. The molecule has 2 bridgehead atoms. The lowest BCUT2D eigenvalue weighted by atomic mass is 9.84. The third-order valence-corrected chi connectivity index (χ3v) is 3.16. The summed E-state index contributed by atoms with van der Waals surface area (Å²) in [6.07, 6.45) is 1.34. The standard InChI is InChI=1S/C12H12O6/c1-6-4-8(13)17-12(15-6)5-11(3)16-7(2)9(12)10(14)18-11/h4,9H,2,5H2,1,3H3/t9-,11+,12-/m0/s1. The molecule has 4 rings (SSSR count). The number of hydrogen-bond donors (Lipinski definition) is 0. The molecule has 18 heavy (non-hydrogen) atoms. The summed E-state index contributed by atoms with van der Waals surface area (Å²) in [5.74, 6) is -4.06. The number of esters is 2. The predicted molar refractivity (Wildman–Crippen MR) is 56.5 cm³/mol. The Labute approximate surface area is 103 Å². The van der Waals surface area contributed by atoms with Crippen LogP contribution in [0.2, 0.25) is 0 Å². The first-order chi connectivity index (χ1) is 8.34. The van der Waals surface area contributed by atoms with Crippen LogP contribution in [0.4, 0.5) is 0 Å². The summed E-state index contributed by atoms with van der Waals surface area (Å²) in [6.45, 7) is 6.89. The Bertz CT molecular complexity index is 487. The summed E-state index contributed by atoms with van der Waals surface area (Å²) < 4.78 is 21.4. The fourth-order valence-corrected chi connectivity index (χ4v) is 2.69. The van der Waals surface area contributed by atoms with E-state index in [4.69, 9.17) is 18.9 Å². The molecule has 4 aliphatic heterocycles. The zero-order valence-corrected chi connectivity index (χ0v) is 10.0. The molecule has 0 aromatic carbocycles. The molecule has 0 unspecified atom stereocenters. The van der Waals surface area contributed by atoms with Gasteiger partial charge < -0.3 is 18.9 Å². The minimum absolute atomic E-state index is 0.117. The average molecular weight is 252 g/mol. The Morgan fingerprint density at radius 3 is 2.56 bits per heavy atom. The topological polar surface area (TPSA) is 71.1 Å². The van der Waals surface area contributed by atoms with Crippen LogP contribution in [0, 0.1) is 5.92 Å². The molecule has 6 heteroatoms. The number of carbonyl (C=O) groups excluding carboxylic acids is 2. The normalized spacial score (nSPS) is 41.8. The first kappa shape index (κ1) is 11.1. The number of allylic oxidation sites excluding steroid dienone is 1. The van der Waals surface area contributed by atoms with Crippen LogP contribution in [0.25, 0.3) is 0 Å². The molecule has 1 spiro atoms. The SMILES string of the molecule is C=C1O[C@@]2(C)C[C@]3(OC(=O)C=C(C)O3)[C@@H]1C(=O)O2. The van der Waals surface area contributed by atoms with Crippen LogP contribution in [-0.2, 0) is 28.5 Å². The number of ether oxygens (including phenoxy) is 4. The predicted octanol–water partition coefficient (Wildman–Crippen LogP) is 0.983. The zero-order chi connectivity index (χ0) is 13.1. The van der Waals surface area contributed by atoms with Crippen molar-refractivity contribution in [2.45, 2.75) is 31.8 Å². The van der Waals surface area contributed by atoms with E-state index in [9.17, 15) is 9.59 Å². The van der Waals surface area contributed by atoms with Crippen molar-refractivity contribution in [1.82, 2.24) is 0 Å². The van der Waals surface area contributed by atoms with E-state index in [1.165, 1.54) is 6.08 Å². The minimum atomic E-state index is -1.39. The molecule has 0 N–H and O–H groups in total. The van der Waals surface area contributed by atoms with Crippen molar-refractivity contribution in [3.8, 4) is 0 Å². The quantitative estimate of drug-likeness (QED) is 0.598. The summed E-state index contributed by atoms with van der Waals surface area (Å²) in [6, 6.07) is 0. The highest BCUT2D eigenvalue weighted by molar-refractivity contribution is 5.85. The summed E-state index contributed by atoms with van der Waals surface area (Å²) in [4.78, 5) is 23.4. The van der Waals surface area contributed by atoms with E-state index in [1.54, 1.807) is 13.8 Å². The largest absolute Gasteiger partial charge is 0.456 e. The molecule has 3 saturated heterocycles. The second-order valence-electron chi connectivity index (χ2n) is 4.82. The Balaban J connectivity index is 2.08. The third-order valence-electron chi connectivity index (χ3n) is 3.16. The monoisotopic (exact) mass is 252 g/mol. The van der Waals surface area contributed by atoms with Gasteiger partial charge in [0.2, 0.25) is 0 Å². The second-order valence-corrected chi connectivity index (χ2v) is 4.82. The molecule has 0 aliphatic carbocycles. The van der Waals surface area contributed by atoms with Crippen LogP contribution in [0.3, 0.4) is 0 Å². The number of rotatable bonds is 0. The van der Waals surface area contributed by atoms with Crippen LogP contribution in [0.5, 0.6) is 0 Å². The van der Waals surface area contributed by atoms with Crippen molar-refractivity contribution in [2.24, 2.45) is 5.92 Å². The fraction of sp³-hybridized carbons (Fsp3) is 0.500. The molecular formula is C12H12O6. The van der Waals surface area contributed by atoms with Gasteiger partial charge in [0.1, 0.15) is 17.9 Å². The summed E-state index contributed by atoms with van der Waals surface area (Å²) in [5, 5.41) is 0. The lowest BCUT2D eigenvalue weighted by molar-refractivity contribution is -0.351. The van der Waals surface area contributed by atoms with Crippen LogP contribution >= 0.6 is 0 Å². The van der Waals surface area contributed by atoms with Gasteiger partial charge >= 0.3 is 11.9 Å². The van der Waals surface area contributed by atoms with Gasteiger partial charge in [0.15, 0.2) is 5.92 Å². The van der Waals surface area contributed by atoms with Crippen molar-refractivity contribution >= 4 is 11.9 Å². The van der Waals surface area contributed by atoms with Crippen LogP contribution < -0.4 is 0 Å². The van der Waals surface area contributed by atoms with E-state index in [0.717, 1.165) is 0 Å². The van der Waals surface area contributed by atoms with Crippen LogP contribution in [-0.4, -0.2) is 23.5 Å². The van der Waals surface area contributed by atoms with Gasteiger partial charge in [0, 0.05) is 6.92 Å². The number of hydrogen-bond acceptors (Lipinski definition) is 6. The van der Waals surface area contributed by atoms with Gasteiger partial charge in [-0.1, -0.05) is 6.58 Å². The van der Waals surface area contributed by atoms with E-state index in [2.05, 4.69) is 6.58 Å².